The van der Waals surface area contributed by atoms with Gasteiger partial charge in [-0.05, 0) is 29.8 Å². The molecule has 0 spiro atoms. The number of piperazine rings is 1. The smallest absolute Gasteiger partial charge is 0.268 e. The SMILES string of the molecule is COc1ccc(CN2CCNCC2)c2ccn(S(=O)(=O)c3ccccc3)c12. The van der Waals surface area contributed by atoms with E-state index in [9.17, 15) is 8.42 Å². The molecule has 0 radical (unpaired) electrons. The molecule has 2 heterocycles. The van der Waals surface area contributed by atoms with Gasteiger partial charge in [0.25, 0.3) is 10.0 Å². The molecule has 1 aromatic heterocycles. The van der Waals surface area contributed by atoms with E-state index >= 15 is 0 Å². The van der Waals surface area contributed by atoms with Crippen LogP contribution in [-0.4, -0.2) is 50.6 Å². The fourth-order valence-electron chi connectivity index (χ4n) is 3.58. The summed E-state index contributed by atoms with van der Waals surface area (Å²) in [6, 6.07) is 14.2. The molecule has 2 aromatic carbocycles. The number of nitrogens with one attached hydrogen (secondary N) is 1. The van der Waals surface area contributed by atoms with Gasteiger partial charge in [-0.2, -0.15) is 0 Å². The van der Waals surface area contributed by atoms with E-state index in [-0.39, 0.29) is 4.90 Å². The van der Waals surface area contributed by atoms with Crippen molar-refractivity contribution in [3.63, 3.8) is 0 Å². The Hall–Kier alpha value is -2.35. The second-order valence-corrected chi connectivity index (χ2v) is 8.46. The molecule has 0 unspecified atom stereocenters. The van der Waals surface area contributed by atoms with Crippen molar-refractivity contribution in [1.82, 2.24) is 14.2 Å². The summed E-state index contributed by atoms with van der Waals surface area (Å²) in [5, 5.41) is 4.26. The lowest BCUT2D eigenvalue weighted by molar-refractivity contribution is 0.234. The number of hydrogen-bond acceptors (Lipinski definition) is 5. The molecule has 7 heteroatoms. The normalized spacial score (nSPS) is 15.9. The molecule has 4 rings (SSSR count). The lowest BCUT2D eigenvalue weighted by Gasteiger charge is -2.27. The Bertz CT molecular complexity index is 1040. The molecule has 1 N–H and O–H groups in total. The first-order chi connectivity index (χ1) is 13.1. The number of ether oxygens (including phenoxy) is 1. The Morgan fingerprint density at radius 3 is 2.48 bits per heavy atom. The van der Waals surface area contributed by atoms with Crippen LogP contribution in [0.2, 0.25) is 0 Å². The minimum Gasteiger partial charge on any atom is -0.495 e. The van der Waals surface area contributed by atoms with Crippen LogP contribution in [0.4, 0.5) is 0 Å². The second-order valence-electron chi connectivity index (χ2n) is 6.65. The minimum absolute atomic E-state index is 0.261. The summed E-state index contributed by atoms with van der Waals surface area (Å²) < 4.78 is 33.2. The van der Waals surface area contributed by atoms with Gasteiger partial charge in [0.1, 0.15) is 11.3 Å². The van der Waals surface area contributed by atoms with E-state index < -0.39 is 10.0 Å². The molecule has 0 aliphatic carbocycles. The van der Waals surface area contributed by atoms with E-state index in [1.807, 2.05) is 18.2 Å². The van der Waals surface area contributed by atoms with Crippen molar-refractivity contribution in [2.24, 2.45) is 0 Å². The Balaban J connectivity index is 1.82. The first-order valence-electron chi connectivity index (χ1n) is 9.02. The average molecular weight is 385 g/mol. The molecule has 0 saturated carbocycles. The summed E-state index contributed by atoms with van der Waals surface area (Å²) in [5.74, 6) is 0.554. The monoisotopic (exact) mass is 385 g/mol. The summed E-state index contributed by atoms with van der Waals surface area (Å²) in [6.07, 6.45) is 1.62. The highest BCUT2D eigenvalue weighted by Gasteiger charge is 2.22. The van der Waals surface area contributed by atoms with Gasteiger partial charge in [-0.15, -0.1) is 0 Å². The van der Waals surface area contributed by atoms with E-state index in [2.05, 4.69) is 10.2 Å². The van der Waals surface area contributed by atoms with Crippen LogP contribution < -0.4 is 10.1 Å². The molecule has 1 fully saturated rings. The van der Waals surface area contributed by atoms with E-state index in [0.29, 0.717) is 11.3 Å². The van der Waals surface area contributed by atoms with Crippen molar-refractivity contribution in [3.05, 3.63) is 60.3 Å². The summed E-state index contributed by atoms with van der Waals surface area (Å²) in [7, 11) is -2.12. The molecule has 0 atom stereocenters. The third kappa shape index (κ3) is 3.34. The van der Waals surface area contributed by atoms with Crippen LogP contribution in [0.1, 0.15) is 5.56 Å². The van der Waals surface area contributed by atoms with E-state index in [0.717, 1.165) is 43.7 Å². The van der Waals surface area contributed by atoms with Crippen molar-refractivity contribution in [2.45, 2.75) is 11.4 Å². The molecule has 1 saturated heterocycles. The van der Waals surface area contributed by atoms with Gasteiger partial charge in [-0.3, -0.25) is 4.90 Å². The van der Waals surface area contributed by atoms with Gasteiger partial charge in [0.15, 0.2) is 0 Å². The molecule has 6 nitrogen and oxygen atoms in total. The molecule has 1 aliphatic rings. The van der Waals surface area contributed by atoms with E-state index in [1.165, 1.54) is 3.97 Å². The Labute approximate surface area is 159 Å². The fraction of sp³-hybridized carbons (Fsp3) is 0.300. The lowest BCUT2D eigenvalue weighted by Crippen LogP contribution is -2.42. The Morgan fingerprint density at radius 1 is 1.04 bits per heavy atom. The van der Waals surface area contributed by atoms with Crippen LogP contribution in [0.5, 0.6) is 5.75 Å². The molecule has 0 bridgehead atoms. The molecule has 1 aliphatic heterocycles. The van der Waals surface area contributed by atoms with E-state index in [4.69, 9.17) is 4.74 Å². The van der Waals surface area contributed by atoms with Gasteiger partial charge < -0.3 is 10.1 Å². The van der Waals surface area contributed by atoms with Crippen LogP contribution in [0, 0.1) is 0 Å². The lowest BCUT2D eigenvalue weighted by atomic mass is 10.1. The number of hydrogen-bond donors (Lipinski definition) is 1. The highest BCUT2D eigenvalue weighted by atomic mass is 32.2. The highest BCUT2D eigenvalue weighted by Crippen LogP contribution is 2.33. The standard InChI is InChI=1S/C20H23N3O3S/c1-26-19-8-7-16(15-22-13-10-21-11-14-22)18-9-12-23(20(18)19)27(24,25)17-5-3-2-4-6-17/h2-9,12,21H,10-11,13-15H2,1H3. The zero-order chi connectivity index (χ0) is 18.9. The number of benzene rings is 2. The van der Waals surface area contributed by atoms with Gasteiger partial charge in [-0.25, -0.2) is 12.4 Å². The van der Waals surface area contributed by atoms with Crippen LogP contribution in [0.3, 0.4) is 0 Å². The minimum atomic E-state index is -3.69. The summed E-state index contributed by atoms with van der Waals surface area (Å²) in [4.78, 5) is 2.64. The average Bonchev–Trinajstić information content (AvgIpc) is 3.16. The summed E-state index contributed by atoms with van der Waals surface area (Å²) >= 11 is 0. The second kappa shape index (κ2) is 7.34. The molecule has 142 valence electrons. The molecule has 27 heavy (non-hydrogen) atoms. The van der Waals surface area contributed by atoms with Crippen molar-refractivity contribution in [2.75, 3.05) is 33.3 Å². The van der Waals surface area contributed by atoms with Crippen LogP contribution >= 0.6 is 0 Å². The van der Waals surface area contributed by atoms with Gasteiger partial charge in [0.05, 0.1) is 12.0 Å². The van der Waals surface area contributed by atoms with Gasteiger partial charge in [-0.1, -0.05) is 24.3 Å². The number of methoxy groups -OCH3 is 1. The molecule has 3 aromatic rings. The summed E-state index contributed by atoms with van der Waals surface area (Å²) in [5.41, 5.74) is 1.70. The quantitative estimate of drug-likeness (QED) is 0.730. The van der Waals surface area contributed by atoms with Crippen molar-refractivity contribution < 1.29 is 13.2 Å². The first-order valence-corrected chi connectivity index (χ1v) is 10.5. The Morgan fingerprint density at radius 2 is 1.78 bits per heavy atom. The van der Waals surface area contributed by atoms with Crippen molar-refractivity contribution in [3.8, 4) is 5.75 Å². The first kappa shape index (κ1) is 18.0. The predicted octanol–water partition coefficient (Wildman–Crippen LogP) is 2.29. The van der Waals surface area contributed by atoms with Gasteiger partial charge in [0, 0.05) is 44.3 Å². The molecule has 0 amide bonds. The number of fused-ring (bicyclic) bond motifs is 1. The van der Waals surface area contributed by atoms with Crippen molar-refractivity contribution >= 4 is 20.9 Å². The van der Waals surface area contributed by atoms with Gasteiger partial charge in [0.2, 0.25) is 0 Å². The largest absolute Gasteiger partial charge is 0.495 e. The van der Waals surface area contributed by atoms with Gasteiger partial charge >= 0.3 is 0 Å². The molecular formula is C20H23N3O3S. The zero-order valence-electron chi connectivity index (χ0n) is 15.3. The Kier molecular flexibility index (Phi) is 4.90. The maximum absolute atomic E-state index is 13.2. The highest BCUT2D eigenvalue weighted by molar-refractivity contribution is 7.90. The number of rotatable bonds is 5. The van der Waals surface area contributed by atoms with Crippen LogP contribution in [0.15, 0.2) is 59.6 Å². The van der Waals surface area contributed by atoms with Crippen LogP contribution in [0.25, 0.3) is 10.9 Å². The number of aromatic nitrogens is 1. The zero-order valence-corrected chi connectivity index (χ0v) is 16.1. The molecular weight excluding hydrogens is 362 g/mol. The predicted molar refractivity (Wildman–Crippen MR) is 106 cm³/mol. The van der Waals surface area contributed by atoms with E-state index in [1.54, 1.807) is 43.6 Å². The maximum Gasteiger partial charge on any atom is 0.268 e. The van der Waals surface area contributed by atoms with Crippen LogP contribution in [-0.2, 0) is 16.6 Å². The third-order valence-corrected chi connectivity index (χ3v) is 6.68. The fourth-order valence-corrected chi connectivity index (χ4v) is 4.96. The third-order valence-electron chi connectivity index (χ3n) is 4.99. The summed E-state index contributed by atoms with van der Waals surface area (Å²) in [6.45, 7) is 4.70. The maximum atomic E-state index is 13.2. The van der Waals surface area contributed by atoms with Crippen molar-refractivity contribution in [1.29, 1.82) is 0 Å². The number of nitrogens with zero attached hydrogens (tertiary/aromatic N) is 2. The topological polar surface area (TPSA) is 63.6 Å².